The first-order valence-corrected chi connectivity index (χ1v) is 10.3. The van der Waals surface area contributed by atoms with Crippen molar-refractivity contribution < 1.29 is 18.4 Å². The number of carbonyl (C=O) groups excluding carboxylic acids is 1. The highest BCUT2D eigenvalue weighted by Gasteiger charge is 2.13. The summed E-state index contributed by atoms with van der Waals surface area (Å²) in [5, 5.41) is 6.76. The van der Waals surface area contributed by atoms with Gasteiger partial charge >= 0.3 is 0 Å². The molecule has 158 valence electrons. The van der Waals surface area contributed by atoms with E-state index in [0.717, 1.165) is 24.2 Å². The van der Waals surface area contributed by atoms with Gasteiger partial charge in [-0.2, -0.15) is 0 Å². The molecule has 31 heavy (non-hydrogen) atoms. The standard InChI is InChI=1S/C25H23FN2O3/c1-30-21-12-10-19(11-13-21)24-15-22(31-28-24)16-27-25(29)20-9-8-18(23(26)14-20)7-6-17-4-2-3-5-17/h8-15,17H,2-5,16H2,1H3,(H,27,29). The minimum atomic E-state index is -0.486. The molecule has 1 N–H and O–H groups in total. The molecule has 6 heteroatoms. The maximum atomic E-state index is 14.4. The third-order valence-corrected chi connectivity index (χ3v) is 5.37. The molecule has 1 amide bonds. The molecule has 0 bridgehead atoms. The molecule has 1 saturated carbocycles. The number of carbonyl (C=O) groups is 1. The van der Waals surface area contributed by atoms with E-state index < -0.39 is 11.7 Å². The van der Waals surface area contributed by atoms with Crippen LogP contribution in [-0.2, 0) is 6.54 Å². The third kappa shape index (κ3) is 5.13. The number of benzene rings is 2. The molecule has 0 radical (unpaired) electrons. The Labute approximate surface area is 180 Å². The maximum absolute atomic E-state index is 14.4. The molecule has 0 aliphatic heterocycles. The smallest absolute Gasteiger partial charge is 0.251 e. The van der Waals surface area contributed by atoms with Crippen LogP contribution >= 0.6 is 0 Å². The van der Waals surface area contributed by atoms with Crippen molar-refractivity contribution in [1.29, 1.82) is 0 Å². The lowest BCUT2D eigenvalue weighted by molar-refractivity contribution is 0.0946. The molecular formula is C25H23FN2O3. The van der Waals surface area contributed by atoms with Crippen molar-refractivity contribution in [2.45, 2.75) is 32.2 Å². The van der Waals surface area contributed by atoms with E-state index in [4.69, 9.17) is 9.26 Å². The molecule has 1 heterocycles. The van der Waals surface area contributed by atoms with Crippen molar-refractivity contribution >= 4 is 5.91 Å². The zero-order valence-corrected chi connectivity index (χ0v) is 17.3. The molecule has 1 fully saturated rings. The van der Waals surface area contributed by atoms with Crippen LogP contribution in [0, 0.1) is 23.6 Å². The molecule has 2 aromatic carbocycles. The summed E-state index contributed by atoms with van der Waals surface area (Å²) in [4.78, 5) is 12.4. The van der Waals surface area contributed by atoms with Crippen LogP contribution in [0.1, 0.15) is 47.4 Å². The summed E-state index contributed by atoms with van der Waals surface area (Å²) in [5.41, 5.74) is 2.09. The highest BCUT2D eigenvalue weighted by atomic mass is 19.1. The van der Waals surface area contributed by atoms with Crippen molar-refractivity contribution in [3.8, 4) is 28.8 Å². The van der Waals surface area contributed by atoms with Crippen molar-refractivity contribution in [2.24, 2.45) is 5.92 Å². The average Bonchev–Trinajstić information content (AvgIpc) is 3.49. The van der Waals surface area contributed by atoms with Gasteiger partial charge in [0.25, 0.3) is 5.91 Å². The predicted octanol–water partition coefficient (Wildman–Crippen LogP) is 4.96. The molecule has 0 saturated heterocycles. The van der Waals surface area contributed by atoms with Crippen LogP contribution in [0.15, 0.2) is 53.1 Å². The van der Waals surface area contributed by atoms with Crippen LogP contribution in [0.25, 0.3) is 11.3 Å². The van der Waals surface area contributed by atoms with E-state index in [2.05, 4.69) is 22.3 Å². The number of nitrogens with one attached hydrogen (secondary N) is 1. The van der Waals surface area contributed by atoms with Crippen LogP contribution in [0.2, 0.25) is 0 Å². The minimum absolute atomic E-state index is 0.146. The van der Waals surface area contributed by atoms with E-state index in [1.54, 1.807) is 25.3 Å². The average molecular weight is 418 g/mol. The number of rotatable bonds is 5. The zero-order valence-electron chi connectivity index (χ0n) is 17.3. The summed E-state index contributed by atoms with van der Waals surface area (Å²) in [6, 6.07) is 13.5. The van der Waals surface area contributed by atoms with E-state index in [1.807, 2.05) is 24.3 Å². The Bertz CT molecular complexity index is 1120. The SMILES string of the molecule is COc1ccc(-c2cc(CNC(=O)c3ccc(C#CC4CCCC4)c(F)c3)on2)cc1. The summed E-state index contributed by atoms with van der Waals surface area (Å²) in [6.45, 7) is 0.146. The molecule has 1 aliphatic carbocycles. The van der Waals surface area contributed by atoms with Crippen LogP contribution in [-0.4, -0.2) is 18.2 Å². The van der Waals surface area contributed by atoms with Crippen LogP contribution in [0.5, 0.6) is 5.75 Å². The second kappa shape index (κ2) is 9.48. The van der Waals surface area contributed by atoms with Crippen LogP contribution in [0.4, 0.5) is 4.39 Å². The molecule has 3 aromatic rings. The molecule has 0 unspecified atom stereocenters. The first-order valence-electron chi connectivity index (χ1n) is 10.3. The van der Waals surface area contributed by atoms with Gasteiger partial charge in [-0.1, -0.05) is 29.8 Å². The van der Waals surface area contributed by atoms with Gasteiger partial charge in [-0.05, 0) is 55.3 Å². The Kier molecular flexibility index (Phi) is 6.32. The number of aromatic nitrogens is 1. The zero-order chi connectivity index (χ0) is 21.6. The molecule has 1 aliphatic rings. The van der Waals surface area contributed by atoms with Crippen LogP contribution in [0.3, 0.4) is 0 Å². The highest BCUT2D eigenvalue weighted by molar-refractivity contribution is 5.94. The largest absolute Gasteiger partial charge is 0.497 e. The Morgan fingerprint density at radius 2 is 1.97 bits per heavy atom. The Balaban J connectivity index is 1.36. The summed E-state index contributed by atoms with van der Waals surface area (Å²) < 4.78 is 24.8. The fourth-order valence-electron chi connectivity index (χ4n) is 3.57. The Morgan fingerprint density at radius 3 is 2.68 bits per heavy atom. The van der Waals surface area contributed by atoms with E-state index >= 15 is 0 Å². The molecule has 1 aromatic heterocycles. The number of hydrogen-bond donors (Lipinski definition) is 1. The topological polar surface area (TPSA) is 64.4 Å². The van der Waals surface area contributed by atoms with Crippen LogP contribution < -0.4 is 10.1 Å². The van der Waals surface area contributed by atoms with Gasteiger partial charge in [0.1, 0.15) is 17.3 Å². The van der Waals surface area contributed by atoms with Gasteiger partial charge in [-0.25, -0.2) is 4.39 Å². The maximum Gasteiger partial charge on any atom is 0.251 e. The van der Waals surface area contributed by atoms with Crippen molar-refractivity contribution in [3.05, 3.63) is 71.2 Å². The van der Waals surface area contributed by atoms with Gasteiger partial charge in [0.15, 0.2) is 5.76 Å². The fraction of sp³-hybridized carbons (Fsp3) is 0.280. The Morgan fingerprint density at radius 1 is 1.19 bits per heavy atom. The van der Waals surface area contributed by atoms with E-state index in [-0.39, 0.29) is 12.1 Å². The van der Waals surface area contributed by atoms with Crippen molar-refractivity contribution in [2.75, 3.05) is 7.11 Å². The quantitative estimate of drug-likeness (QED) is 0.595. The lowest BCUT2D eigenvalue weighted by atomic mass is 10.1. The number of nitrogens with zero attached hydrogens (tertiary/aromatic N) is 1. The van der Waals surface area contributed by atoms with Gasteiger partial charge < -0.3 is 14.6 Å². The molecule has 4 rings (SSSR count). The third-order valence-electron chi connectivity index (χ3n) is 5.37. The van der Waals surface area contributed by atoms with Gasteiger partial charge in [-0.3, -0.25) is 4.79 Å². The van der Waals surface area contributed by atoms with Crippen molar-refractivity contribution in [1.82, 2.24) is 10.5 Å². The van der Waals surface area contributed by atoms with E-state index in [0.29, 0.717) is 22.9 Å². The summed E-state index contributed by atoms with van der Waals surface area (Å²) in [5.74, 6) is 6.78. The summed E-state index contributed by atoms with van der Waals surface area (Å²) in [6.07, 6.45) is 4.54. The lowest BCUT2D eigenvalue weighted by Gasteiger charge is -2.04. The number of amides is 1. The molecule has 0 spiro atoms. The summed E-state index contributed by atoms with van der Waals surface area (Å²) in [7, 11) is 1.61. The molecular weight excluding hydrogens is 395 g/mol. The first kappa shape index (κ1) is 20.7. The van der Waals surface area contributed by atoms with E-state index in [9.17, 15) is 9.18 Å². The minimum Gasteiger partial charge on any atom is -0.497 e. The van der Waals surface area contributed by atoms with Gasteiger partial charge in [0.05, 0.1) is 19.2 Å². The molecule has 5 nitrogen and oxygen atoms in total. The van der Waals surface area contributed by atoms with E-state index in [1.165, 1.54) is 18.9 Å². The second-order valence-corrected chi connectivity index (χ2v) is 7.53. The Hall–Kier alpha value is -3.59. The normalized spacial score (nSPS) is 13.5. The van der Waals surface area contributed by atoms with Crippen molar-refractivity contribution in [3.63, 3.8) is 0 Å². The van der Waals surface area contributed by atoms with Gasteiger partial charge in [0.2, 0.25) is 0 Å². The number of halogens is 1. The highest BCUT2D eigenvalue weighted by Crippen LogP contribution is 2.24. The number of hydrogen-bond acceptors (Lipinski definition) is 4. The first-order chi connectivity index (χ1) is 15.1. The van der Waals surface area contributed by atoms with Gasteiger partial charge in [0, 0.05) is 23.1 Å². The number of ether oxygens (including phenoxy) is 1. The summed E-state index contributed by atoms with van der Waals surface area (Å²) >= 11 is 0. The lowest BCUT2D eigenvalue weighted by Crippen LogP contribution is -2.22. The fourth-order valence-corrected chi connectivity index (χ4v) is 3.57. The monoisotopic (exact) mass is 418 g/mol. The van der Waals surface area contributed by atoms with Gasteiger partial charge in [-0.15, -0.1) is 0 Å². The predicted molar refractivity (Wildman–Crippen MR) is 115 cm³/mol. The second-order valence-electron chi connectivity index (χ2n) is 7.53. The number of methoxy groups -OCH3 is 1. The molecule has 0 atom stereocenters.